The van der Waals surface area contributed by atoms with E-state index in [1.807, 2.05) is 0 Å². The predicted molar refractivity (Wildman–Crippen MR) is 58.6 cm³/mol. The summed E-state index contributed by atoms with van der Waals surface area (Å²) in [7, 11) is 0. The van der Waals surface area contributed by atoms with E-state index >= 15 is 0 Å². The first-order valence-corrected chi connectivity index (χ1v) is 5.70. The van der Waals surface area contributed by atoms with Crippen LogP contribution >= 0.6 is 11.6 Å². The summed E-state index contributed by atoms with van der Waals surface area (Å²) in [5.74, 6) is 2.53. The number of rotatable bonds is 2. The molecule has 2 heterocycles. The fraction of sp³-hybridized carbons (Fsp3) is 0.545. The highest BCUT2D eigenvalue weighted by Crippen LogP contribution is 2.38. The summed E-state index contributed by atoms with van der Waals surface area (Å²) in [4.78, 5) is 6.76. The monoisotopic (exact) mass is 208 g/mol. The number of allylic oxidation sites excluding steroid dienone is 2. The van der Waals surface area contributed by atoms with E-state index in [1.165, 1.54) is 18.4 Å². The Morgan fingerprint density at radius 3 is 3.00 bits per heavy atom. The SMILES string of the molecule is ClCC1CN2C=C(C3CC3)C=CC2=N1. The molecule has 1 unspecified atom stereocenters. The number of fused-ring (bicyclic) bond motifs is 1. The van der Waals surface area contributed by atoms with Crippen molar-refractivity contribution in [3.05, 3.63) is 23.9 Å². The molecule has 14 heavy (non-hydrogen) atoms. The molecule has 0 spiro atoms. The van der Waals surface area contributed by atoms with Gasteiger partial charge in [0, 0.05) is 18.6 Å². The summed E-state index contributed by atoms with van der Waals surface area (Å²) in [5.41, 5.74) is 1.47. The molecule has 1 fully saturated rings. The lowest BCUT2D eigenvalue weighted by molar-refractivity contribution is 0.553. The Morgan fingerprint density at radius 1 is 1.43 bits per heavy atom. The van der Waals surface area contributed by atoms with Gasteiger partial charge in [-0.2, -0.15) is 0 Å². The number of amidine groups is 1. The minimum Gasteiger partial charge on any atom is -0.331 e. The fourth-order valence-electron chi connectivity index (χ4n) is 2.02. The molecule has 3 rings (SSSR count). The zero-order valence-electron chi connectivity index (χ0n) is 7.99. The van der Waals surface area contributed by atoms with E-state index in [-0.39, 0.29) is 6.04 Å². The summed E-state index contributed by atoms with van der Waals surface area (Å²) in [6.45, 7) is 0.958. The molecule has 0 N–H and O–H groups in total. The molecule has 3 aliphatic rings. The second-order valence-electron chi connectivity index (χ2n) is 4.18. The third kappa shape index (κ3) is 1.38. The molecule has 0 aromatic carbocycles. The summed E-state index contributed by atoms with van der Waals surface area (Å²) in [6.07, 6.45) is 9.30. The molecule has 1 saturated carbocycles. The molecule has 3 heteroatoms. The van der Waals surface area contributed by atoms with Crippen molar-refractivity contribution < 1.29 is 0 Å². The molecule has 2 aliphatic heterocycles. The van der Waals surface area contributed by atoms with Gasteiger partial charge in [0.2, 0.25) is 0 Å². The normalized spacial score (nSPS) is 30.1. The zero-order chi connectivity index (χ0) is 9.54. The lowest BCUT2D eigenvalue weighted by Crippen LogP contribution is -2.25. The van der Waals surface area contributed by atoms with Crippen LogP contribution in [0, 0.1) is 5.92 Å². The highest BCUT2D eigenvalue weighted by molar-refractivity contribution is 6.18. The van der Waals surface area contributed by atoms with Crippen LogP contribution in [-0.2, 0) is 0 Å². The van der Waals surface area contributed by atoms with Crippen molar-refractivity contribution in [1.82, 2.24) is 4.90 Å². The largest absolute Gasteiger partial charge is 0.331 e. The number of nitrogens with zero attached hydrogens (tertiary/aromatic N) is 2. The maximum absolute atomic E-state index is 5.81. The lowest BCUT2D eigenvalue weighted by atomic mass is 10.1. The summed E-state index contributed by atoms with van der Waals surface area (Å²) >= 11 is 5.81. The van der Waals surface area contributed by atoms with Crippen LogP contribution in [0.2, 0.25) is 0 Å². The maximum Gasteiger partial charge on any atom is 0.127 e. The molecule has 0 aromatic heterocycles. The van der Waals surface area contributed by atoms with Crippen molar-refractivity contribution in [1.29, 1.82) is 0 Å². The van der Waals surface area contributed by atoms with Gasteiger partial charge in [0.15, 0.2) is 0 Å². The molecule has 2 nitrogen and oxygen atoms in total. The Balaban J connectivity index is 1.82. The van der Waals surface area contributed by atoms with Crippen LogP contribution in [0.1, 0.15) is 12.8 Å². The standard InChI is InChI=1S/C11H13ClN2/c12-5-10-7-14-6-9(8-1-2-8)3-4-11(14)13-10/h3-4,6,8,10H,1-2,5,7H2. The Morgan fingerprint density at radius 2 is 2.29 bits per heavy atom. The van der Waals surface area contributed by atoms with Crippen molar-refractivity contribution in [2.75, 3.05) is 12.4 Å². The average Bonchev–Trinajstić information content (AvgIpc) is 2.97. The third-order valence-electron chi connectivity index (χ3n) is 2.97. The molecular formula is C11H13ClN2. The smallest absolute Gasteiger partial charge is 0.127 e. The number of alkyl halides is 1. The number of aliphatic imine (C=N–C) groups is 1. The highest BCUT2D eigenvalue weighted by Gasteiger charge is 2.29. The first-order valence-electron chi connectivity index (χ1n) is 5.17. The van der Waals surface area contributed by atoms with Crippen LogP contribution in [0.25, 0.3) is 0 Å². The van der Waals surface area contributed by atoms with Crippen LogP contribution in [0.15, 0.2) is 28.9 Å². The molecule has 0 bridgehead atoms. The van der Waals surface area contributed by atoms with E-state index in [9.17, 15) is 0 Å². The summed E-state index contributed by atoms with van der Waals surface area (Å²) < 4.78 is 0. The number of hydrogen-bond donors (Lipinski definition) is 0. The maximum atomic E-state index is 5.81. The molecule has 0 radical (unpaired) electrons. The molecule has 0 saturated heterocycles. The van der Waals surface area contributed by atoms with Crippen LogP contribution in [0.4, 0.5) is 0 Å². The average molecular weight is 209 g/mol. The van der Waals surface area contributed by atoms with Gasteiger partial charge in [-0.3, -0.25) is 4.99 Å². The predicted octanol–water partition coefficient (Wildman–Crippen LogP) is 2.17. The highest BCUT2D eigenvalue weighted by atomic mass is 35.5. The molecule has 0 aromatic rings. The van der Waals surface area contributed by atoms with Crippen LogP contribution < -0.4 is 0 Å². The van der Waals surface area contributed by atoms with Gasteiger partial charge in [-0.25, -0.2) is 0 Å². The zero-order valence-corrected chi connectivity index (χ0v) is 8.74. The van der Waals surface area contributed by atoms with Crippen molar-refractivity contribution >= 4 is 17.4 Å². The van der Waals surface area contributed by atoms with Crippen LogP contribution in [0.5, 0.6) is 0 Å². The number of halogens is 1. The van der Waals surface area contributed by atoms with Gasteiger partial charge in [0.05, 0.1) is 6.04 Å². The van der Waals surface area contributed by atoms with E-state index < -0.39 is 0 Å². The van der Waals surface area contributed by atoms with Crippen LogP contribution in [-0.4, -0.2) is 29.2 Å². The van der Waals surface area contributed by atoms with Gasteiger partial charge in [0.1, 0.15) is 5.84 Å². The van der Waals surface area contributed by atoms with Gasteiger partial charge in [-0.05, 0) is 30.4 Å². The third-order valence-corrected chi connectivity index (χ3v) is 3.33. The van der Waals surface area contributed by atoms with Crippen molar-refractivity contribution in [3.63, 3.8) is 0 Å². The Labute approximate surface area is 89.0 Å². The van der Waals surface area contributed by atoms with Gasteiger partial charge in [-0.15, -0.1) is 11.6 Å². The Hall–Kier alpha value is -0.760. The molecule has 0 amide bonds. The second-order valence-corrected chi connectivity index (χ2v) is 4.49. The van der Waals surface area contributed by atoms with Gasteiger partial charge >= 0.3 is 0 Å². The molecule has 1 atom stereocenters. The van der Waals surface area contributed by atoms with Gasteiger partial charge < -0.3 is 4.90 Å². The van der Waals surface area contributed by atoms with Crippen molar-refractivity contribution in [2.24, 2.45) is 10.9 Å². The lowest BCUT2D eigenvalue weighted by Gasteiger charge is -2.19. The van der Waals surface area contributed by atoms with Gasteiger partial charge in [0.25, 0.3) is 0 Å². The quantitative estimate of drug-likeness (QED) is 0.636. The summed E-state index contributed by atoms with van der Waals surface area (Å²) in [6, 6.07) is 0.283. The van der Waals surface area contributed by atoms with Gasteiger partial charge in [-0.1, -0.05) is 6.08 Å². The molecular weight excluding hydrogens is 196 g/mol. The molecule has 1 aliphatic carbocycles. The molecule has 74 valence electrons. The first-order chi connectivity index (χ1) is 6.86. The van der Waals surface area contributed by atoms with E-state index in [2.05, 4.69) is 28.2 Å². The van der Waals surface area contributed by atoms with E-state index in [0.29, 0.717) is 5.88 Å². The minimum absolute atomic E-state index is 0.283. The van der Waals surface area contributed by atoms with E-state index in [4.69, 9.17) is 11.6 Å². The summed E-state index contributed by atoms with van der Waals surface area (Å²) in [5, 5.41) is 0. The van der Waals surface area contributed by atoms with Crippen molar-refractivity contribution in [3.8, 4) is 0 Å². The van der Waals surface area contributed by atoms with E-state index in [0.717, 1.165) is 18.3 Å². The Kier molecular flexibility index (Phi) is 1.91. The van der Waals surface area contributed by atoms with Crippen molar-refractivity contribution in [2.45, 2.75) is 18.9 Å². The number of hydrogen-bond acceptors (Lipinski definition) is 2. The van der Waals surface area contributed by atoms with E-state index in [1.54, 1.807) is 0 Å². The first kappa shape index (κ1) is 8.54. The Bertz CT molecular complexity index is 339. The topological polar surface area (TPSA) is 15.6 Å². The fourth-order valence-corrected chi connectivity index (χ4v) is 2.18. The minimum atomic E-state index is 0.283. The van der Waals surface area contributed by atoms with Crippen LogP contribution in [0.3, 0.4) is 0 Å². The second kappa shape index (κ2) is 3.13.